The second-order valence-corrected chi connectivity index (χ2v) is 9.01. The van der Waals surface area contributed by atoms with E-state index in [1.807, 2.05) is 0 Å². The maximum absolute atomic E-state index is 9.38. The molecule has 0 fully saturated rings. The van der Waals surface area contributed by atoms with Crippen LogP contribution in [0.2, 0.25) is 0 Å². The highest BCUT2D eigenvalue weighted by atomic mass is 15.1. The van der Waals surface area contributed by atoms with Crippen molar-refractivity contribution in [2.75, 3.05) is 13.1 Å². The number of nitrogens with zero attached hydrogens (tertiary/aromatic N) is 3. The third kappa shape index (κ3) is 8.65. The zero-order valence-corrected chi connectivity index (χ0v) is 19.6. The van der Waals surface area contributed by atoms with Gasteiger partial charge in [0, 0.05) is 18.8 Å². The average Bonchev–Trinajstić information content (AvgIpc) is 2.73. The first-order chi connectivity index (χ1) is 14.0. The fourth-order valence-corrected chi connectivity index (χ4v) is 4.45. The Labute approximate surface area is 180 Å². The van der Waals surface area contributed by atoms with Crippen molar-refractivity contribution < 1.29 is 0 Å². The molecule has 3 atom stereocenters. The van der Waals surface area contributed by atoms with E-state index in [0.717, 1.165) is 43.3 Å². The van der Waals surface area contributed by atoms with Gasteiger partial charge in [-0.05, 0) is 55.1 Å². The molecule has 3 heteroatoms. The molecule has 0 N–H and O–H groups in total. The maximum Gasteiger partial charge on any atom is 0.132 e. The van der Waals surface area contributed by atoms with Crippen LogP contribution in [-0.4, -0.2) is 18.0 Å². The monoisotopic (exact) mass is 397 g/mol. The van der Waals surface area contributed by atoms with Crippen molar-refractivity contribution in [2.24, 2.45) is 17.8 Å². The molecule has 3 nitrogen and oxygen atoms in total. The molecule has 0 heterocycles. The molecule has 0 radical (unpaired) electrons. The standard InChI is InChI=1S/C26H43N3/c1-6-10-12-22(8-3)19-29(20-23(9-4)13-11-7-2)26-15-21(5)14-24(16-26)25(17-27)18-28/h16,21-23H,6-15,19-20H2,1-5H3. The van der Waals surface area contributed by atoms with Crippen LogP contribution in [-0.2, 0) is 0 Å². The van der Waals surface area contributed by atoms with E-state index in [9.17, 15) is 10.5 Å². The van der Waals surface area contributed by atoms with Crippen molar-refractivity contribution in [1.82, 2.24) is 4.90 Å². The third-order valence-corrected chi connectivity index (χ3v) is 6.46. The Morgan fingerprint density at radius 1 is 0.966 bits per heavy atom. The lowest BCUT2D eigenvalue weighted by atomic mass is 9.86. The predicted octanol–water partition coefficient (Wildman–Crippen LogP) is 7.38. The van der Waals surface area contributed by atoms with Crippen LogP contribution in [0.15, 0.2) is 22.9 Å². The van der Waals surface area contributed by atoms with Gasteiger partial charge in [-0.1, -0.05) is 73.1 Å². The largest absolute Gasteiger partial charge is 0.374 e. The van der Waals surface area contributed by atoms with E-state index in [1.54, 1.807) is 0 Å². The molecular formula is C26H43N3. The highest BCUT2D eigenvalue weighted by Gasteiger charge is 2.24. The average molecular weight is 398 g/mol. The van der Waals surface area contributed by atoms with E-state index >= 15 is 0 Å². The smallest absolute Gasteiger partial charge is 0.132 e. The second kappa shape index (κ2) is 14.3. The van der Waals surface area contributed by atoms with Gasteiger partial charge in [-0.2, -0.15) is 10.5 Å². The van der Waals surface area contributed by atoms with Crippen molar-refractivity contribution >= 4 is 0 Å². The quantitative estimate of drug-likeness (QED) is 0.305. The molecule has 3 unspecified atom stereocenters. The fourth-order valence-electron chi connectivity index (χ4n) is 4.45. The van der Waals surface area contributed by atoms with Crippen LogP contribution in [0.3, 0.4) is 0 Å². The van der Waals surface area contributed by atoms with E-state index in [-0.39, 0.29) is 0 Å². The fraction of sp³-hybridized carbons (Fsp3) is 0.769. The molecule has 1 aliphatic carbocycles. The molecule has 1 rings (SSSR count). The molecule has 162 valence electrons. The first-order valence-corrected chi connectivity index (χ1v) is 12.0. The summed E-state index contributed by atoms with van der Waals surface area (Å²) in [5.41, 5.74) is 2.59. The highest BCUT2D eigenvalue weighted by Crippen LogP contribution is 2.33. The minimum atomic E-state index is 0.296. The molecule has 0 aromatic heterocycles. The number of hydrogen-bond donors (Lipinski definition) is 0. The lowest BCUT2D eigenvalue weighted by Crippen LogP contribution is -2.35. The third-order valence-electron chi connectivity index (χ3n) is 6.46. The van der Waals surface area contributed by atoms with Gasteiger partial charge in [0.2, 0.25) is 0 Å². The molecule has 0 saturated heterocycles. The van der Waals surface area contributed by atoms with Gasteiger partial charge in [0.1, 0.15) is 17.7 Å². The lowest BCUT2D eigenvalue weighted by molar-refractivity contribution is 0.210. The SMILES string of the molecule is CCCCC(CC)CN(CC(CC)CCCC)C1=CC(=C(C#N)C#N)CC(C)C1. The summed E-state index contributed by atoms with van der Waals surface area (Å²) < 4.78 is 0. The molecule has 0 aliphatic heterocycles. The van der Waals surface area contributed by atoms with E-state index < -0.39 is 0 Å². The van der Waals surface area contributed by atoms with E-state index in [1.165, 1.54) is 57.1 Å². The van der Waals surface area contributed by atoms with Gasteiger partial charge in [-0.15, -0.1) is 0 Å². The maximum atomic E-state index is 9.38. The lowest BCUT2D eigenvalue weighted by Gasteiger charge is -2.37. The Morgan fingerprint density at radius 2 is 1.48 bits per heavy atom. The number of allylic oxidation sites excluding steroid dienone is 4. The zero-order chi connectivity index (χ0) is 21.6. The molecule has 0 aromatic rings. The van der Waals surface area contributed by atoms with Crippen LogP contribution >= 0.6 is 0 Å². The van der Waals surface area contributed by atoms with Crippen LogP contribution in [0.5, 0.6) is 0 Å². The number of nitriles is 2. The van der Waals surface area contributed by atoms with Gasteiger partial charge in [-0.3, -0.25) is 0 Å². The van der Waals surface area contributed by atoms with Gasteiger partial charge in [0.15, 0.2) is 0 Å². The van der Waals surface area contributed by atoms with E-state index in [2.05, 4.69) is 57.7 Å². The summed E-state index contributed by atoms with van der Waals surface area (Å²) in [6.45, 7) is 13.7. The van der Waals surface area contributed by atoms with Gasteiger partial charge < -0.3 is 4.90 Å². The van der Waals surface area contributed by atoms with Gasteiger partial charge >= 0.3 is 0 Å². The molecule has 0 amide bonds. The second-order valence-electron chi connectivity index (χ2n) is 9.01. The molecule has 0 saturated carbocycles. The summed E-state index contributed by atoms with van der Waals surface area (Å²) in [7, 11) is 0. The molecule has 1 aliphatic rings. The van der Waals surface area contributed by atoms with Crippen molar-refractivity contribution in [3.63, 3.8) is 0 Å². The summed E-state index contributed by atoms with van der Waals surface area (Å²) in [5.74, 6) is 1.92. The normalized spacial score (nSPS) is 18.4. The summed E-state index contributed by atoms with van der Waals surface area (Å²) in [4.78, 5) is 2.63. The first-order valence-electron chi connectivity index (χ1n) is 12.0. The number of hydrogen-bond acceptors (Lipinski definition) is 3. The summed E-state index contributed by atoms with van der Waals surface area (Å²) in [6, 6.07) is 4.23. The van der Waals surface area contributed by atoms with Crippen molar-refractivity contribution in [3.05, 3.63) is 22.9 Å². The Bertz CT molecular complexity index is 583. The zero-order valence-electron chi connectivity index (χ0n) is 19.6. The van der Waals surface area contributed by atoms with Crippen molar-refractivity contribution in [2.45, 2.75) is 98.8 Å². The van der Waals surface area contributed by atoms with Crippen LogP contribution in [0.25, 0.3) is 0 Å². The molecule has 0 aromatic carbocycles. The van der Waals surface area contributed by atoms with E-state index in [4.69, 9.17) is 0 Å². The number of rotatable bonds is 13. The topological polar surface area (TPSA) is 50.8 Å². The molecular weight excluding hydrogens is 354 g/mol. The molecule has 29 heavy (non-hydrogen) atoms. The van der Waals surface area contributed by atoms with Gasteiger partial charge in [-0.25, -0.2) is 0 Å². The summed E-state index contributed by atoms with van der Waals surface area (Å²) in [6.07, 6.45) is 14.2. The summed E-state index contributed by atoms with van der Waals surface area (Å²) >= 11 is 0. The van der Waals surface area contributed by atoms with E-state index in [0.29, 0.717) is 11.5 Å². The van der Waals surface area contributed by atoms with Crippen LogP contribution in [0, 0.1) is 40.4 Å². The Kier molecular flexibility index (Phi) is 12.5. The Morgan fingerprint density at radius 3 is 1.90 bits per heavy atom. The first kappa shape index (κ1) is 25.3. The molecule has 0 spiro atoms. The predicted molar refractivity (Wildman–Crippen MR) is 123 cm³/mol. The van der Waals surface area contributed by atoms with Crippen molar-refractivity contribution in [1.29, 1.82) is 10.5 Å². The van der Waals surface area contributed by atoms with Crippen LogP contribution in [0.1, 0.15) is 98.8 Å². The molecule has 0 bridgehead atoms. The van der Waals surface area contributed by atoms with Crippen LogP contribution in [0.4, 0.5) is 0 Å². The minimum absolute atomic E-state index is 0.296. The number of unbranched alkanes of at least 4 members (excludes halogenated alkanes) is 2. The van der Waals surface area contributed by atoms with Gasteiger partial charge in [0.05, 0.1) is 0 Å². The van der Waals surface area contributed by atoms with Gasteiger partial charge in [0.25, 0.3) is 0 Å². The van der Waals surface area contributed by atoms with Crippen LogP contribution < -0.4 is 0 Å². The minimum Gasteiger partial charge on any atom is -0.374 e. The Balaban J connectivity index is 3.17. The van der Waals surface area contributed by atoms with Crippen molar-refractivity contribution in [3.8, 4) is 12.1 Å². The summed E-state index contributed by atoms with van der Waals surface area (Å²) in [5, 5.41) is 18.8. The Hall–Kier alpha value is -1.74. The highest BCUT2D eigenvalue weighted by molar-refractivity contribution is 5.46.